The quantitative estimate of drug-likeness (QED) is 0.802. The third-order valence-electron chi connectivity index (χ3n) is 4.03. The zero-order valence-corrected chi connectivity index (χ0v) is 13.0. The molecular weight excluding hydrogens is 292 g/mol. The van der Waals surface area contributed by atoms with Crippen LogP contribution >= 0.6 is 0 Å². The number of pyridine rings is 2. The van der Waals surface area contributed by atoms with Crippen molar-refractivity contribution in [2.24, 2.45) is 0 Å². The first-order valence-corrected chi connectivity index (χ1v) is 7.63. The van der Waals surface area contributed by atoms with E-state index in [0.717, 1.165) is 24.1 Å². The Hall–Kier alpha value is -2.76. The average Bonchev–Trinajstić information content (AvgIpc) is 3.31. The minimum atomic E-state index is -0.219. The monoisotopic (exact) mass is 308 g/mol. The maximum absolute atomic E-state index is 12.7. The summed E-state index contributed by atoms with van der Waals surface area (Å²) in [5.74, 6) is 0.735. The molecule has 1 aliphatic rings. The smallest absolute Gasteiger partial charge is 0.259 e. The number of amides is 1. The number of nitrogens with zero attached hydrogens (tertiary/aromatic N) is 3. The Kier molecular flexibility index (Phi) is 3.11. The van der Waals surface area contributed by atoms with Crippen LogP contribution in [0.1, 0.15) is 46.1 Å². The molecule has 0 spiro atoms. The van der Waals surface area contributed by atoms with Crippen LogP contribution in [0.5, 0.6) is 0 Å². The van der Waals surface area contributed by atoms with Crippen LogP contribution in [0.2, 0.25) is 0 Å². The van der Waals surface area contributed by atoms with Crippen molar-refractivity contribution in [1.82, 2.24) is 15.1 Å². The molecule has 0 unspecified atom stereocenters. The highest BCUT2D eigenvalue weighted by molar-refractivity contribution is 6.12. The van der Waals surface area contributed by atoms with Gasteiger partial charge in [0.05, 0.1) is 16.6 Å². The standard InChI is InChI=1S/C17H16N4O2/c1-9-5-6-18-14(7-9)20-16(22)12-8-13(11-3-4-11)19-17-15(12)10(2)21-23-17/h5-8,11H,3-4H2,1-2H3,(H,18,20,22). The molecule has 3 heterocycles. The number of aromatic nitrogens is 3. The minimum absolute atomic E-state index is 0.219. The van der Waals surface area contributed by atoms with Crippen molar-refractivity contribution in [3.05, 3.63) is 46.9 Å². The zero-order valence-electron chi connectivity index (χ0n) is 13.0. The van der Waals surface area contributed by atoms with E-state index >= 15 is 0 Å². The molecule has 1 fully saturated rings. The minimum Gasteiger partial charge on any atom is -0.336 e. The lowest BCUT2D eigenvalue weighted by atomic mass is 10.1. The van der Waals surface area contributed by atoms with Crippen LogP contribution in [0, 0.1) is 13.8 Å². The molecule has 0 saturated heterocycles. The van der Waals surface area contributed by atoms with Crippen molar-refractivity contribution in [2.75, 3.05) is 5.32 Å². The van der Waals surface area contributed by atoms with Crippen molar-refractivity contribution < 1.29 is 9.32 Å². The van der Waals surface area contributed by atoms with E-state index in [9.17, 15) is 4.79 Å². The second-order valence-corrected chi connectivity index (χ2v) is 5.99. The molecule has 0 aromatic carbocycles. The van der Waals surface area contributed by atoms with E-state index in [4.69, 9.17) is 4.52 Å². The Balaban J connectivity index is 1.77. The molecule has 0 aliphatic heterocycles. The van der Waals surface area contributed by atoms with Gasteiger partial charge in [-0.1, -0.05) is 5.16 Å². The Morgan fingerprint density at radius 1 is 1.30 bits per heavy atom. The number of rotatable bonds is 3. The van der Waals surface area contributed by atoms with Gasteiger partial charge in [0, 0.05) is 17.8 Å². The third kappa shape index (κ3) is 2.56. The van der Waals surface area contributed by atoms with Gasteiger partial charge >= 0.3 is 0 Å². The summed E-state index contributed by atoms with van der Waals surface area (Å²) >= 11 is 0. The fourth-order valence-electron chi connectivity index (χ4n) is 2.67. The first kappa shape index (κ1) is 13.9. The van der Waals surface area contributed by atoms with E-state index in [1.165, 1.54) is 0 Å². The Morgan fingerprint density at radius 2 is 2.13 bits per heavy atom. The van der Waals surface area contributed by atoms with Crippen molar-refractivity contribution in [3.63, 3.8) is 0 Å². The topological polar surface area (TPSA) is 80.9 Å². The highest BCUT2D eigenvalue weighted by Crippen LogP contribution is 2.40. The summed E-state index contributed by atoms with van der Waals surface area (Å²) in [6.45, 7) is 3.77. The fraction of sp³-hybridized carbons (Fsp3) is 0.294. The molecule has 1 saturated carbocycles. The van der Waals surface area contributed by atoms with Crippen LogP contribution in [0.15, 0.2) is 28.9 Å². The SMILES string of the molecule is Cc1ccnc(NC(=O)c2cc(C3CC3)nc3onc(C)c23)c1. The summed E-state index contributed by atoms with van der Waals surface area (Å²) in [6, 6.07) is 5.57. The number of nitrogens with one attached hydrogen (secondary N) is 1. The Labute approximate surface area is 132 Å². The third-order valence-corrected chi connectivity index (χ3v) is 4.03. The molecule has 3 aromatic heterocycles. The summed E-state index contributed by atoms with van der Waals surface area (Å²) < 4.78 is 5.27. The van der Waals surface area contributed by atoms with E-state index in [2.05, 4.69) is 20.4 Å². The molecule has 23 heavy (non-hydrogen) atoms. The van der Waals surface area contributed by atoms with Gasteiger partial charge < -0.3 is 9.84 Å². The molecule has 0 atom stereocenters. The molecule has 1 N–H and O–H groups in total. The first-order valence-electron chi connectivity index (χ1n) is 7.63. The number of hydrogen-bond acceptors (Lipinski definition) is 5. The van der Waals surface area contributed by atoms with Gasteiger partial charge in [-0.05, 0) is 50.5 Å². The number of carbonyl (C=O) groups is 1. The fourth-order valence-corrected chi connectivity index (χ4v) is 2.67. The Morgan fingerprint density at radius 3 is 2.87 bits per heavy atom. The van der Waals surface area contributed by atoms with Crippen LogP contribution in [0.25, 0.3) is 11.1 Å². The largest absolute Gasteiger partial charge is 0.336 e. The molecule has 0 radical (unpaired) electrons. The molecule has 0 bridgehead atoms. The normalized spacial score (nSPS) is 14.2. The van der Waals surface area contributed by atoms with Gasteiger partial charge in [-0.3, -0.25) is 4.79 Å². The van der Waals surface area contributed by atoms with Crippen molar-refractivity contribution >= 4 is 22.8 Å². The van der Waals surface area contributed by atoms with Crippen LogP contribution < -0.4 is 5.32 Å². The van der Waals surface area contributed by atoms with Gasteiger partial charge in [-0.15, -0.1) is 0 Å². The second-order valence-electron chi connectivity index (χ2n) is 5.99. The molecule has 6 heteroatoms. The van der Waals surface area contributed by atoms with Crippen LogP contribution in [-0.4, -0.2) is 21.0 Å². The molecule has 1 aliphatic carbocycles. The van der Waals surface area contributed by atoms with Crippen LogP contribution in [0.4, 0.5) is 5.82 Å². The Bertz CT molecular complexity index is 912. The average molecular weight is 308 g/mol. The first-order chi connectivity index (χ1) is 11.1. The van der Waals surface area contributed by atoms with E-state index < -0.39 is 0 Å². The summed E-state index contributed by atoms with van der Waals surface area (Å²) in [4.78, 5) is 21.4. The molecule has 1 amide bonds. The molecule has 6 nitrogen and oxygen atoms in total. The highest BCUT2D eigenvalue weighted by atomic mass is 16.5. The molecule has 4 rings (SSSR count). The number of fused-ring (bicyclic) bond motifs is 1. The number of hydrogen-bond donors (Lipinski definition) is 1. The summed E-state index contributed by atoms with van der Waals surface area (Å²) in [5, 5.41) is 7.46. The van der Waals surface area contributed by atoms with E-state index in [0.29, 0.717) is 34.1 Å². The summed E-state index contributed by atoms with van der Waals surface area (Å²) in [7, 11) is 0. The summed E-state index contributed by atoms with van der Waals surface area (Å²) in [6.07, 6.45) is 3.88. The van der Waals surface area contributed by atoms with Gasteiger partial charge in [0.1, 0.15) is 5.82 Å². The van der Waals surface area contributed by atoms with Crippen molar-refractivity contribution in [2.45, 2.75) is 32.6 Å². The predicted molar refractivity (Wildman–Crippen MR) is 85.4 cm³/mol. The van der Waals surface area contributed by atoms with Gasteiger partial charge in [0.25, 0.3) is 11.6 Å². The number of anilines is 1. The maximum Gasteiger partial charge on any atom is 0.259 e. The molecular formula is C17H16N4O2. The van der Waals surface area contributed by atoms with Crippen LogP contribution in [0.3, 0.4) is 0 Å². The van der Waals surface area contributed by atoms with E-state index in [-0.39, 0.29) is 5.91 Å². The molecule has 3 aromatic rings. The lowest BCUT2D eigenvalue weighted by Gasteiger charge is -2.07. The maximum atomic E-state index is 12.7. The lowest BCUT2D eigenvalue weighted by Crippen LogP contribution is -2.14. The molecule has 116 valence electrons. The number of aryl methyl sites for hydroxylation is 2. The van der Waals surface area contributed by atoms with Gasteiger partial charge in [0.2, 0.25) is 0 Å². The van der Waals surface area contributed by atoms with E-state index in [1.807, 2.05) is 32.0 Å². The summed E-state index contributed by atoms with van der Waals surface area (Å²) in [5.41, 5.74) is 3.57. The second kappa shape index (κ2) is 5.15. The van der Waals surface area contributed by atoms with Gasteiger partial charge in [-0.2, -0.15) is 0 Å². The zero-order chi connectivity index (χ0) is 16.0. The highest BCUT2D eigenvalue weighted by Gasteiger charge is 2.28. The van der Waals surface area contributed by atoms with Crippen LogP contribution in [-0.2, 0) is 0 Å². The van der Waals surface area contributed by atoms with E-state index in [1.54, 1.807) is 6.20 Å². The van der Waals surface area contributed by atoms with Crippen molar-refractivity contribution in [3.8, 4) is 0 Å². The predicted octanol–water partition coefficient (Wildman–Crippen LogP) is 3.36. The van der Waals surface area contributed by atoms with Gasteiger partial charge in [0.15, 0.2) is 0 Å². The van der Waals surface area contributed by atoms with Gasteiger partial charge in [-0.25, -0.2) is 9.97 Å². The lowest BCUT2D eigenvalue weighted by molar-refractivity contribution is 0.102. The number of carbonyl (C=O) groups excluding carboxylic acids is 1. The van der Waals surface area contributed by atoms with Crippen molar-refractivity contribution in [1.29, 1.82) is 0 Å².